The summed E-state index contributed by atoms with van der Waals surface area (Å²) in [6, 6.07) is 8.70. The first-order chi connectivity index (χ1) is 13.5. The molecule has 0 atom stereocenters. The lowest BCUT2D eigenvalue weighted by Crippen LogP contribution is -2.18. The highest BCUT2D eigenvalue weighted by Gasteiger charge is 2.28. The van der Waals surface area contributed by atoms with Gasteiger partial charge in [0.15, 0.2) is 5.43 Å². The Labute approximate surface area is 165 Å². The molecule has 146 valence electrons. The van der Waals surface area contributed by atoms with Crippen LogP contribution in [-0.4, -0.2) is 31.8 Å². The smallest absolute Gasteiger partial charge is 0.342 e. The molecular formula is C21H20O6S. The van der Waals surface area contributed by atoms with Crippen LogP contribution in [0.3, 0.4) is 0 Å². The zero-order chi connectivity index (χ0) is 20.3. The van der Waals surface area contributed by atoms with Gasteiger partial charge in [-0.2, -0.15) is 0 Å². The molecule has 0 unspecified atom stereocenters. The second-order valence-electron chi connectivity index (χ2n) is 5.80. The van der Waals surface area contributed by atoms with E-state index in [1.54, 1.807) is 32.9 Å². The van der Waals surface area contributed by atoms with Crippen molar-refractivity contribution in [2.75, 3.05) is 19.8 Å². The van der Waals surface area contributed by atoms with Crippen LogP contribution in [0.15, 0.2) is 35.1 Å². The average molecular weight is 400 g/mol. The fourth-order valence-electron chi connectivity index (χ4n) is 2.99. The van der Waals surface area contributed by atoms with Gasteiger partial charge < -0.3 is 14.2 Å². The molecule has 0 amide bonds. The molecule has 0 saturated carbocycles. The number of ether oxygens (including phenoxy) is 3. The Kier molecular flexibility index (Phi) is 5.94. The summed E-state index contributed by atoms with van der Waals surface area (Å²) in [6.45, 7) is 5.57. The van der Waals surface area contributed by atoms with Crippen molar-refractivity contribution in [1.29, 1.82) is 0 Å². The standard InChI is InChI=1S/C21H20O6S/c1-4-25-19-16(21(24)27-6-3)13(20(23)26-5-2)11-15-17(19)18(22)12-9-7-8-10-14(12)28-15/h7-11H,4-6H2,1-3H3. The first-order valence-electron chi connectivity index (χ1n) is 9.03. The quantitative estimate of drug-likeness (QED) is 0.456. The van der Waals surface area contributed by atoms with Crippen LogP contribution in [0.1, 0.15) is 41.5 Å². The molecule has 6 nitrogen and oxygen atoms in total. The summed E-state index contributed by atoms with van der Waals surface area (Å²) in [7, 11) is 0. The zero-order valence-corrected chi connectivity index (χ0v) is 16.7. The zero-order valence-electron chi connectivity index (χ0n) is 15.9. The topological polar surface area (TPSA) is 78.9 Å². The third-order valence-electron chi connectivity index (χ3n) is 4.09. The van der Waals surface area contributed by atoms with Crippen LogP contribution in [0.5, 0.6) is 5.75 Å². The number of carbonyl (C=O) groups excluding carboxylic acids is 2. The Morgan fingerprint density at radius 1 is 0.929 bits per heavy atom. The molecule has 0 saturated heterocycles. The first-order valence-corrected chi connectivity index (χ1v) is 9.84. The highest BCUT2D eigenvalue weighted by molar-refractivity contribution is 7.24. The van der Waals surface area contributed by atoms with Crippen LogP contribution in [-0.2, 0) is 9.47 Å². The van der Waals surface area contributed by atoms with Gasteiger partial charge in [-0.15, -0.1) is 11.3 Å². The van der Waals surface area contributed by atoms with Crippen molar-refractivity contribution in [1.82, 2.24) is 0 Å². The van der Waals surface area contributed by atoms with E-state index in [0.717, 1.165) is 4.70 Å². The Morgan fingerprint density at radius 3 is 2.29 bits per heavy atom. The van der Waals surface area contributed by atoms with Gasteiger partial charge in [0.2, 0.25) is 0 Å². The van der Waals surface area contributed by atoms with Gasteiger partial charge in [0, 0.05) is 14.8 Å². The Balaban J connectivity index is 2.48. The van der Waals surface area contributed by atoms with Gasteiger partial charge in [-0.25, -0.2) is 9.59 Å². The van der Waals surface area contributed by atoms with Crippen LogP contribution < -0.4 is 10.2 Å². The molecule has 1 heterocycles. The summed E-state index contributed by atoms with van der Waals surface area (Å²) in [5.41, 5.74) is -0.301. The number of hydrogen-bond donors (Lipinski definition) is 0. The summed E-state index contributed by atoms with van der Waals surface area (Å²) in [5.74, 6) is -1.33. The van der Waals surface area contributed by atoms with E-state index in [-0.39, 0.29) is 47.5 Å². The van der Waals surface area contributed by atoms with E-state index in [1.165, 1.54) is 17.4 Å². The Bertz CT molecular complexity index is 1120. The highest BCUT2D eigenvalue weighted by atomic mass is 32.1. The minimum atomic E-state index is -0.728. The van der Waals surface area contributed by atoms with E-state index in [1.807, 2.05) is 12.1 Å². The van der Waals surface area contributed by atoms with E-state index in [4.69, 9.17) is 14.2 Å². The van der Waals surface area contributed by atoms with Crippen molar-refractivity contribution >= 4 is 43.4 Å². The predicted octanol–water partition coefficient (Wildman–Crippen LogP) is 4.17. The maximum absolute atomic E-state index is 13.2. The molecule has 0 bridgehead atoms. The van der Waals surface area contributed by atoms with Crippen LogP contribution in [0.2, 0.25) is 0 Å². The molecule has 3 rings (SSSR count). The molecule has 0 aliphatic heterocycles. The van der Waals surface area contributed by atoms with Crippen LogP contribution >= 0.6 is 11.3 Å². The van der Waals surface area contributed by atoms with Gasteiger partial charge in [0.05, 0.1) is 30.8 Å². The van der Waals surface area contributed by atoms with Gasteiger partial charge in [0.1, 0.15) is 11.3 Å². The number of esters is 2. The van der Waals surface area contributed by atoms with E-state index in [2.05, 4.69) is 0 Å². The minimum Gasteiger partial charge on any atom is -0.492 e. The van der Waals surface area contributed by atoms with E-state index < -0.39 is 11.9 Å². The molecular weight excluding hydrogens is 380 g/mol. The van der Waals surface area contributed by atoms with Crippen molar-refractivity contribution in [2.24, 2.45) is 0 Å². The van der Waals surface area contributed by atoms with E-state index in [9.17, 15) is 14.4 Å². The molecule has 0 aliphatic carbocycles. The van der Waals surface area contributed by atoms with Crippen molar-refractivity contribution in [2.45, 2.75) is 20.8 Å². The lowest BCUT2D eigenvalue weighted by Gasteiger charge is -2.16. The molecule has 0 fully saturated rings. The SMILES string of the molecule is CCOC(=O)c1cc2sc3ccccc3c(=O)c2c(OCC)c1C(=O)OCC. The minimum absolute atomic E-state index is 0.0298. The van der Waals surface area contributed by atoms with Gasteiger partial charge >= 0.3 is 11.9 Å². The summed E-state index contributed by atoms with van der Waals surface area (Å²) >= 11 is 1.35. The maximum atomic E-state index is 13.2. The van der Waals surface area contributed by atoms with Gasteiger partial charge in [-0.05, 0) is 39.0 Å². The lowest BCUT2D eigenvalue weighted by atomic mass is 10.0. The predicted molar refractivity (Wildman–Crippen MR) is 109 cm³/mol. The average Bonchev–Trinajstić information content (AvgIpc) is 2.68. The Morgan fingerprint density at radius 2 is 1.61 bits per heavy atom. The summed E-state index contributed by atoms with van der Waals surface area (Å²) in [6.07, 6.45) is 0. The van der Waals surface area contributed by atoms with Gasteiger partial charge in [0.25, 0.3) is 0 Å². The molecule has 0 radical (unpaired) electrons. The van der Waals surface area contributed by atoms with Gasteiger partial charge in [-0.1, -0.05) is 12.1 Å². The second-order valence-corrected chi connectivity index (χ2v) is 6.89. The van der Waals surface area contributed by atoms with E-state index >= 15 is 0 Å². The number of carbonyl (C=O) groups is 2. The summed E-state index contributed by atoms with van der Waals surface area (Å²) in [4.78, 5) is 38.4. The molecule has 2 aromatic carbocycles. The number of fused-ring (bicyclic) bond motifs is 2. The Hall–Kier alpha value is -2.93. The molecule has 0 N–H and O–H groups in total. The van der Waals surface area contributed by atoms with E-state index in [0.29, 0.717) is 10.1 Å². The molecule has 28 heavy (non-hydrogen) atoms. The molecule has 0 spiro atoms. The van der Waals surface area contributed by atoms with Crippen LogP contribution in [0.4, 0.5) is 0 Å². The number of benzene rings is 2. The van der Waals surface area contributed by atoms with Crippen molar-refractivity contribution < 1.29 is 23.8 Å². The molecule has 1 aromatic heterocycles. The van der Waals surface area contributed by atoms with Gasteiger partial charge in [-0.3, -0.25) is 4.79 Å². The third-order valence-corrected chi connectivity index (χ3v) is 5.21. The first kappa shape index (κ1) is 19.8. The number of hydrogen-bond acceptors (Lipinski definition) is 7. The fourth-order valence-corrected chi connectivity index (χ4v) is 4.11. The van der Waals surface area contributed by atoms with Crippen molar-refractivity contribution in [3.63, 3.8) is 0 Å². The fraction of sp³-hybridized carbons (Fsp3) is 0.286. The highest BCUT2D eigenvalue weighted by Crippen LogP contribution is 2.36. The van der Waals surface area contributed by atoms with Crippen LogP contribution in [0, 0.1) is 0 Å². The largest absolute Gasteiger partial charge is 0.492 e. The van der Waals surface area contributed by atoms with Crippen LogP contribution in [0.25, 0.3) is 20.2 Å². The number of rotatable bonds is 6. The molecule has 7 heteroatoms. The second kappa shape index (κ2) is 8.39. The third kappa shape index (κ3) is 3.45. The normalized spacial score (nSPS) is 10.8. The molecule has 0 aliphatic rings. The lowest BCUT2D eigenvalue weighted by molar-refractivity contribution is 0.0475. The summed E-state index contributed by atoms with van der Waals surface area (Å²) < 4.78 is 17.3. The monoisotopic (exact) mass is 400 g/mol. The summed E-state index contributed by atoms with van der Waals surface area (Å²) in [5, 5.41) is 0.793. The molecule has 3 aromatic rings. The maximum Gasteiger partial charge on any atom is 0.342 e. The van der Waals surface area contributed by atoms with Crippen molar-refractivity contribution in [3.8, 4) is 5.75 Å². The van der Waals surface area contributed by atoms with Crippen molar-refractivity contribution in [3.05, 3.63) is 51.7 Å².